The van der Waals surface area contributed by atoms with E-state index in [9.17, 15) is 9.18 Å². The molecule has 1 atom stereocenters. The summed E-state index contributed by atoms with van der Waals surface area (Å²) in [6.07, 6.45) is 2.03. The minimum absolute atomic E-state index is 0.112. The lowest BCUT2D eigenvalue weighted by atomic mass is 9.97. The van der Waals surface area contributed by atoms with Crippen LogP contribution in [0.2, 0.25) is 0 Å². The molecule has 0 bridgehead atoms. The van der Waals surface area contributed by atoms with Gasteiger partial charge < -0.3 is 10.6 Å². The van der Waals surface area contributed by atoms with E-state index < -0.39 is 5.82 Å². The van der Waals surface area contributed by atoms with E-state index in [-0.39, 0.29) is 5.91 Å². The van der Waals surface area contributed by atoms with Crippen LogP contribution in [0, 0.1) is 11.7 Å². The summed E-state index contributed by atoms with van der Waals surface area (Å²) in [7, 11) is 0. The van der Waals surface area contributed by atoms with Crippen molar-refractivity contribution in [2.75, 3.05) is 19.6 Å². The molecule has 18 heavy (non-hydrogen) atoms. The number of rotatable bonds is 2. The molecule has 1 aromatic carbocycles. The van der Waals surface area contributed by atoms with Crippen LogP contribution in [0.1, 0.15) is 23.2 Å². The lowest BCUT2D eigenvalue weighted by molar-refractivity contribution is 0.0677. The van der Waals surface area contributed by atoms with Gasteiger partial charge in [-0.3, -0.25) is 4.79 Å². The molecule has 0 aliphatic carbocycles. The Balaban J connectivity index is 2.12. The Kier molecular flexibility index (Phi) is 4.35. The Labute approximate surface area is 114 Å². The van der Waals surface area contributed by atoms with E-state index in [0.29, 0.717) is 29.0 Å². The van der Waals surface area contributed by atoms with Crippen molar-refractivity contribution in [2.45, 2.75) is 12.8 Å². The second kappa shape index (κ2) is 5.80. The summed E-state index contributed by atoms with van der Waals surface area (Å²) in [5, 5.41) is 0. The topological polar surface area (TPSA) is 46.3 Å². The average molecular weight is 315 g/mol. The number of likely N-dealkylation sites (tertiary alicyclic amines) is 1. The summed E-state index contributed by atoms with van der Waals surface area (Å²) in [5.74, 6) is -0.157. The van der Waals surface area contributed by atoms with Gasteiger partial charge in [-0.25, -0.2) is 4.39 Å². The number of carbonyl (C=O) groups is 1. The van der Waals surface area contributed by atoms with Crippen molar-refractivity contribution in [3.05, 3.63) is 34.1 Å². The lowest BCUT2D eigenvalue weighted by Gasteiger charge is -2.32. The average Bonchev–Trinajstić information content (AvgIpc) is 2.41. The highest BCUT2D eigenvalue weighted by atomic mass is 79.9. The van der Waals surface area contributed by atoms with Crippen molar-refractivity contribution in [2.24, 2.45) is 11.7 Å². The highest BCUT2D eigenvalue weighted by Crippen LogP contribution is 2.20. The number of halogens is 2. The summed E-state index contributed by atoms with van der Waals surface area (Å²) >= 11 is 3.08. The lowest BCUT2D eigenvalue weighted by Crippen LogP contribution is -2.42. The Morgan fingerprint density at radius 3 is 3.00 bits per heavy atom. The van der Waals surface area contributed by atoms with Gasteiger partial charge in [0.15, 0.2) is 0 Å². The predicted molar refractivity (Wildman–Crippen MR) is 71.8 cm³/mol. The molecule has 98 valence electrons. The molecule has 1 amide bonds. The van der Waals surface area contributed by atoms with Crippen LogP contribution in [-0.2, 0) is 0 Å². The molecule has 1 unspecified atom stereocenters. The van der Waals surface area contributed by atoms with Crippen LogP contribution in [0.25, 0.3) is 0 Å². The van der Waals surface area contributed by atoms with E-state index in [4.69, 9.17) is 5.73 Å². The number of nitrogens with two attached hydrogens (primary N) is 1. The number of hydrogen-bond donors (Lipinski definition) is 1. The van der Waals surface area contributed by atoms with Crippen molar-refractivity contribution in [1.82, 2.24) is 4.90 Å². The summed E-state index contributed by atoms with van der Waals surface area (Å²) in [6, 6.07) is 4.48. The predicted octanol–water partition coefficient (Wildman–Crippen LogP) is 2.40. The van der Waals surface area contributed by atoms with E-state index in [1.54, 1.807) is 17.0 Å². The maximum absolute atomic E-state index is 13.4. The van der Waals surface area contributed by atoms with Gasteiger partial charge in [0, 0.05) is 18.7 Å². The minimum Gasteiger partial charge on any atom is -0.338 e. The van der Waals surface area contributed by atoms with E-state index in [0.717, 1.165) is 19.4 Å². The molecule has 2 N–H and O–H groups in total. The van der Waals surface area contributed by atoms with Crippen molar-refractivity contribution < 1.29 is 9.18 Å². The third-order valence-corrected chi connectivity index (χ3v) is 3.95. The number of benzene rings is 1. The van der Waals surface area contributed by atoms with Crippen molar-refractivity contribution in [3.63, 3.8) is 0 Å². The van der Waals surface area contributed by atoms with Crippen LogP contribution < -0.4 is 5.73 Å². The fourth-order valence-electron chi connectivity index (χ4n) is 2.25. The van der Waals surface area contributed by atoms with E-state index >= 15 is 0 Å². The van der Waals surface area contributed by atoms with Gasteiger partial charge in [0.05, 0.1) is 4.47 Å². The van der Waals surface area contributed by atoms with Gasteiger partial charge in [0.2, 0.25) is 0 Å². The van der Waals surface area contributed by atoms with Gasteiger partial charge in [-0.05, 0) is 59.4 Å². The standard InChI is InChI=1S/C13H16BrFN2O/c14-11-4-3-10(6-12(11)15)13(18)17-5-1-2-9(7-16)8-17/h3-4,6,9H,1-2,5,7-8,16H2. The molecule has 1 saturated heterocycles. The maximum Gasteiger partial charge on any atom is 0.253 e. The first-order valence-electron chi connectivity index (χ1n) is 6.06. The second-order valence-corrected chi connectivity index (χ2v) is 5.48. The molecule has 2 rings (SSSR count). The van der Waals surface area contributed by atoms with Crippen molar-refractivity contribution in [3.8, 4) is 0 Å². The van der Waals surface area contributed by atoms with Crippen LogP contribution >= 0.6 is 15.9 Å². The third-order valence-electron chi connectivity index (χ3n) is 3.31. The fraction of sp³-hybridized carbons (Fsp3) is 0.462. The molecule has 0 spiro atoms. The largest absolute Gasteiger partial charge is 0.338 e. The van der Waals surface area contributed by atoms with Gasteiger partial charge in [-0.1, -0.05) is 0 Å². The highest BCUT2D eigenvalue weighted by Gasteiger charge is 2.23. The first-order chi connectivity index (χ1) is 8.61. The Bertz CT molecular complexity index is 453. The number of carbonyl (C=O) groups excluding carboxylic acids is 1. The molecule has 1 heterocycles. The zero-order valence-electron chi connectivity index (χ0n) is 10.0. The minimum atomic E-state index is -0.409. The van der Waals surface area contributed by atoms with Crippen LogP contribution in [0.4, 0.5) is 4.39 Å². The fourth-order valence-corrected chi connectivity index (χ4v) is 2.50. The summed E-state index contributed by atoms with van der Waals surface area (Å²) in [5.41, 5.74) is 6.04. The molecule has 0 aromatic heterocycles. The maximum atomic E-state index is 13.4. The number of amides is 1. The molecule has 0 radical (unpaired) electrons. The first-order valence-corrected chi connectivity index (χ1v) is 6.85. The molecule has 1 fully saturated rings. The molecular formula is C13H16BrFN2O. The number of nitrogens with zero attached hydrogens (tertiary/aromatic N) is 1. The van der Waals surface area contributed by atoms with E-state index in [2.05, 4.69) is 15.9 Å². The molecule has 1 aliphatic heterocycles. The van der Waals surface area contributed by atoms with Crippen LogP contribution in [0.5, 0.6) is 0 Å². The van der Waals surface area contributed by atoms with E-state index in [1.807, 2.05) is 0 Å². The summed E-state index contributed by atoms with van der Waals surface area (Å²) in [6.45, 7) is 2.00. The molecule has 3 nitrogen and oxygen atoms in total. The van der Waals surface area contributed by atoms with Gasteiger partial charge in [-0.15, -0.1) is 0 Å². The molecule has 1 aromatic rings. The third kappa shape index (κ3) is 2.90. The quantitative estimate of drug-likeness (QED) is 0.911. The van der Waals surface area contributed by atoms with Gasteiger partial charge in [-0.2, -0.15) is 0 Å². The summed E-state index contributed by atoms with van der Waals surface area (Å²) in [4.78, 5) is 14.0. The van der Waals surface area contributed by atoms with Gasteiger partial charge in [0.25, 0.3) is 5.91 Å². The molecule has 1 aliphatic rings. The normalized spacial score (nSPS) is 19.9. The second-order valence-electron chi connectivity index (χ2n) is 4.62. The highest BCUT2D eigenvalue weighted by molar-refractivity contribution is 9.10. The van der Waals surface area contributed by atoms with Crippen LogP contribution in [-0.4, -0.2) is 30.4 Å². The van der Waals surface area contributed by atoms with Crippen molar-refractivity contribution >= 4 is 21.8 Å². The summed E-state index contributed by atoms with van der Waals surface area (Å²) < 4.78 is 13.8. The Morgan fingerprint density at radius 2 is 2.33 bits per heavy atom. The number of piperidine rings is 1. The van der Waals surface area contributed by atoms with Crippen LogP contribution in [0.15, 0.2) is 22.7 Å². The van der Waals surface area contributed by atoms with E-state index in [1.165, 1.54) is 6.07 Å². The Morgan fingerprint density at radius 1 is 1.56 bits per heavy atom. The number of hydrogen-bond acceptors (Lipinski definition) is 2. The van der Waals surface area contributed by atoms with Crippen LogP contribution in [0.3, 0.4) is 0 Å². The molecular weight excluding hydrogens is 299 g/mol. The Hall–Kier alpha value is -0.940. The zero-order chi connectivity index (χ0) is 13.1. The molecule has 5 heteroatoms. The van der Waals surface area contributed by atoms with Gasteiger partial charge in [0.1, 0.15) is 5.82 Å². The first kappa shape index (κ1) is 13.5. The van der Waals surface area contributed by atoms with Crippen molar-refractivity contribution in [1.29, 1.82) is 0 Å². The van der Waals surface area contributed by atoms with Gasteiger partial charge >= 0.3 is 0 Å². The SMILES string of the molecule is NCC1CCCN(C(=O)c2ccc(Br)c(F)c2)C1. The smallest absolute Gasteiger partial charge is 0.253 e. The molecule has 0 saturated carbocycles. The monoisotopic (exact) mass is 314 g/mol. The zero-order valence-corrected chi connectivity index (χ0v) is 11.6.